The second-order valence-corrected chi connectivity index (χ2v) is 2.30. The van der Waals surface area contributed by atoms with Crippen molar-refractivity contribution in [3.63, 3.8) is 0 Å². The molecule has 1 heterocycles. The van der Waals surface area contributed by atoms with Crippen LogP contribution < -0.4 is 0 Å². The van der Waals surface area contributed by atoms with Crippen molar-refractivity contribution in [2.24, 2.45) is 0 Å². The van der Waals surface area contributed by atoms with Gasteiger partial charge in [-0.25, -0.2) is 0 Å². The second-order valence-electron chi connectivity index (χ2n) is 2.30. The zero-order chi connectivity index (χ0) is 14.4. The monoisotopic (exact) mass is 235 g/mol. The fraction of sp³-hybridized carbons (Fsp3) is 1.00. The third-order valence-electron chi connectivity index (χ3n) is 1.17. The number of hydrogen-bond acceptors (Lipinski definition) is 1. The summed E-state index contributed by atoms with van der Waals surface area (Å²) in [6, 6.07) is 0. The highest BCUT2D eigenvalue weighted by molar-refractivity contribution is 4.64. The fourth-order valence-electron chi connectivity index (χ4n) is 0.1000. The van der Waals surface area contributed by atoms with Gasteiger partial charge in [-0.3, -0.25) is 0 Å². The smallest absolute Gasteiger partial charge is 0.0107 e. The van der Waals surface area contributed by atoms with Crippen molar-refractivity contribution >= 4 is 0 Å². The maximum atomic E-state index is 2.25. The standard InChI is InChI=1S/C4H10.C3H7N.4C2H6/c1-3-4-2;1-4-2-3-4;4*1-2/h3-4H2,1-2H3;2-3H2,1H3;4*1-2H3. The van der Waals surface area contributed by atoms with Gasteiger partial charge in [-0.15, -0.1) is 0 Å². The molecular weight excluding hydrogens is 194 g/mol. The predicted octanol–water partition coefficient (Wildman–Crippen LogP) is 5.84. The normalized spacial score (nSPS) is 9.94. The molecule has 0 aromatic heterocycles. The molecular formula is C15H41N. The maximum Gasteiger partial charge on any atom is 0.0107 e. The van der Waals surface area contributed by atoms with Crippen molar-refractivity contribution in [2.45, 2.75) is 82.1 Å². The zero-order valence-corrected chi connectivity index (χ0v) is 14.3. The van der Waals surface area contributed by atoms with Gasteiger partial charge < -0.3 is 4.90 Å². The summed E-state index contributed by atoms with van der Waals surface area (Å²) in [7, 11) is 2.11. The summed E-state index contributed by atoms with van der Waals surface area (Å²) in [6.07, 6.45) is 2.64. The second kappa shape index (κ2) is 60.2. The Morgan fingerprint density at radius 2 is 0.750 bits per heavy atom. The number of hydrogen-bond donors (Lipinski definition) is 0. The van der Waals surface area contributed by atoms with E-state index in [1.54, 1.807) is 0 Å². The summed E-state index contributed by atoms with van der Waals surface area (Å²) in [6.45, 7) is 23.0. The van der Waals surface area contributed by atoms with Crippen LogP contribution in [0.2, 0.25) is 0 Å². The molecule has 0 bridgehead atoms. The highest BCUT2D eigenvalue weighted by atomic mass is 15.2. The average molecular weight is 235 g/mol. The van der Waals surface area contributed by atoms with Crippen molar-refractivity contribution in [2.75, 3.05) is 20.1 Å². The molecule has 0 aromatic carbocycles. The van der Waals surface area contributed by atoms with Crippen molar-refractivity contribution in [3.05, 3.63) is 0 Å². The SMILES string of the molecule is CC.CC.CC.CC.CCCC.CN1CC1. The van der Waals surface area contributed by atoms with E-state index < -0.39 is 0 Å². The van der Waals surface area contributed by atoms with Gasteiger partial charge in [0.1, 0.15) is 0 Å². The molecule has 0 radical (unpaired) electrons. The topological polar surface area (TPSA) is 3.01 Å². The van der Waals surface area contributed by atoms with Crippen LogP contribution in [0.5, 0.6) is 0 Å². The first kappa shape index (κ1) is 29.7. The van der Waals surface area contributed by atoms with E-state index in [0.717, 1.165) is 0 Å². The number of likely N-dealkylation sites (N-methyl/N-ethyl adjacent to an activating group) is 1. The summed E-state index contributed by atoms with van der Waals surface area (Å²) < 4.78 is 0. The van der Waals surface area contributed by atoms with Crippen molar-refractivity contribution < 1.29 is 0 Å². The van der Waals surface area contributed by atoms with Crippen LogP contribution in [0, 0.1) is 0 Å². The van der Waals surface area contributed by atoms with Crippen LogP contribution in [0.3, 0.4) is 0 Å². The summed E-state index contributed by atoms with van der Waals surface area (Å²) in [5, 5.41) is 0. The van der Waals surface area contributed by atoms with E-state index in [-0.39, 0.29) is 0 Å². The predicted molar refractivity (Wildman–Crippen MR) is 83.5 cm³/mol. The molecule has 1 heteroatoms. The molecule has 106 valence electrons. The Morgan fingerprint density at radius 1 is 0.625 bits per heavy atom. The lowest BCUT2D eigenvalue weighted by molar-refractivity contribution is 0.698. The van der Waals surface area contributed by atoms with E-state index in [1.165, 1.54) is 25.9 Å². The van der Waals surface area contributed by atoms with Crippen molar-refractivity contribution in [1.29, 1.82) is 0 Å². The Morgan fingerprint density at radius 3 is 0.750 bits per heavy atom. The van der Waals surface area contributed by atoms with E-state index >= 15 is 0 Å². The average Bonchev–Trinajstić information content (AvgIpc) is 3.21. The van der Waals surface area contributed by atoms with E-state index in [4.69, 9.17) is 0 Å². The van der Waals surface area contributed by atoms with Crippen LogP contribution in [-0.4, -0.2) is 25.0 Å². The van der Waals surface area contributed by atoms with Crippen LogP contribution in [0.4, 0.5) is 0 Å². The van der Waals surface area contributed by atoms with Crippen LogP contribution in [0.15, 0.2) is 0 Å². The van der Waals surface area contributed by atoms with Gasteiger partial charge in [0.05, 0.1) is 0 Å². The molecule has 1 fully saturated rings. The van der Waals surface area contributed by atoms with Gasteiger partial charge in [0, 0.05) is 13.1 Å². The van der Waals surface area contributed by atoms with Gasteiger partial charge >= 0.3 is 0 Å². The Kier molecular flexibility index (Phi) is 112. The summed E-state index contributed by atoms with van der Waals surface area (Å²) >= 11 is 0. The first-order chi connectivity index (χ1) is 7.81. The maximum absolute atomic E-state index is 2.25. The Bertz CT molecular complexity index is 38.7. The molecule has 1 nitrogen and oxygen atoms in total. The Labute approximate surface area is 108 Å². The third kappa shape index (κ3) is 150. The molecule has 0 saturated carbocycles. The molecule has 1 saturated heterocycles. The molecule has 1 aliphatic heterocycles. The molecule has 0 N–H and O–H groups in total. The largest absolute Gasteiger partial charge is 0.304 e. The van der Waals surface area contributed by atoms with Crippen LogP contribution in [0.25, 0.3) is 0 Å². The molecule has 16 heavy (non-hydrogen) atoms. The molecule has 0 unspecified atom stereocenters. The van der Waals surface area contributed by atoms with Crippen molar-refractivity contribution in [3.8, 4) is 0 Å². The highest BCUT2D eigenvalue weighted by Crippen LogP contribution is 1.93. The quantitative estimate of drug-likeness (QED) is 0.516. The van der Waals surface area contributed by atoms with Gasteiger partial charge in [-0.2, -0.15) is 0 Å². The van der Waals surface area contributed by atoms with Crippen LogP contribution >= 0.6 is 0 Å². The van der Waals surface area contributed by atoms with Crippen LogP contribution in [-0.2, 0) is 0 Å². The van der Waals surface area contributed by atoms with Gasteiger partial charge in [-0.05, 0) is 7.05 Å². The summed E-state index contributed by atoms with van der Waals surface area (Å²) in [4.78, 5) is 2.25. The molecule has 0 spiro atoms. The summed E-state index contributed by atoms with van der Waals surface area (Å²) in [5.74, 6) is 0. The summed E-state index contributed by atoms with van der Waals surface area (Å²) in [5.41, 5.74) is 0. The molecule has 0 aromatic rings. The lowest BCUT2D eigenvalue weighted by Gasteiger charge is -1.68. The van der Waals surface area contributed by atoms with Gasteiger partial charge in [-0.1, -0.05) is 82.1 Å². The number of rotatable bonds is 1. The Hall–Kier alpha value is -0.0400. The molecule has 0 atom stereocenters. The molecule has 0 aliphatic carbocycles. The lowest BCUT2D eigenvalue weighted by Crippen LogP contribution is -1.75. The minimum Gasteiger partial charge on any atom is -0.304 e. The van der Waals surface area contributed by atoms with E-state index in [0.29, 0.717) is 0 Å². The van der Waals surface area contributed by atoms with Crippen LogP contribution in [0.1, 0.15) is 82.1 Å². The minimum absolute atomic E-state index is 1.32. The minimum atomic E-state index is 1.32. The number of unbranched alkanes of at least 4 members (excludes halogenated alkanes) is 1. The van der Waals surface area contributed by atoms with Gasteiger partial charge in [0.2, 0.25) is 0 Å². The Balaban J connectivity index is -0.0000000319. The van der Waals surface area contributed by atoms with E-state index in [1.807, 2.05) is 55.4 Å². The first-order valence-corrected chi connectivity index (χ1v) is 7.49. The van der Waals surface area contributed by atoms with Gasteiger partial charge in [0.25, 0.3) is 0 Å². The molecule has 0 amide bonds. The molecule has 1 rings (SSSR count). The van der Waals surface area contributed by atoms with E-state index in [9.17, 15) is 0 Å². The fourth-order valence-corrected chi connectivity index (χ4v) is 0.1000. The zero-order valence-electron chi connectivity index (χ0n) is 14.3. The number of nitrogens with zero attached hydrogens (tertiary/aromatic N) is 1. The van der Waals surface area contributed by atoms with E-state index in [2.05, 4.69) is 25.8 Å². The first-order valence-electron chi connectivity index (χ1n) is 7.49. The lowest BCUT2D eigenvalue weighted by atomic mass is 10.4. The van der Waals surface area contributed by atoms with Gasteiger partial charge in [0.15, 0.2) is 0 Å². The molecule has 1 aliphatic rings. The van der Waals surface area contributed by atoms with Crippen molar-refractivity contribution in [1.82, 2.24) is 4.90 Å². The third-order valence-corrected chi connectivity index (χ3v) is 1.17. The highest BCUT2D eigenvalue weighted by Gasteiger charge is 2.07.